The average Bonchev–Trinajstić information content (AvgIpc) is 2.69. The Hall–Kier alpha value is -0.120. The summed E-state index contributed by atoms with van der Waals surface area (Å²) in [7, 11) is 0. The van der Waals surface area contributed by atoms with Gasteiger partial charge in [-0.1, -0.05) is 6.42 Å². The molecule has 3 heteroatoms. The summed E-state index contributed by atoms with van der Waals surface area (Å²) in [4.78, 5) is 2.68. The van der Waals surface area contributed by atoms with E-state index < -0.39 is 0 Å². The Labute approximate surface area is 98.2 Å². The maximum absolute atomic E-state index is 9.54. The van der Waals surface area contributed by atoms with Crippen molar-refractivity contribution in [3.8, 4) is 0 Å². The van der Waals surface area contributed by atoms with Crippen molar-refractivity contribution in [3.63, 3.8) is 0 Å². The Morgan fingerprint density at radius 1 is 1.25 bits per heavy atom. The first kappa shape index (κ1) is 11.0. The SMILES string of the molecule is OCC1CN(C2CCNCC2)CC12CCC2. The van der Waals surface area contributed by atoms with E-state index in [1.165, 1.54) is 51.7 Å². The van der Waals surface area contributed by atoms with Crippen LogP contribution in [0.4, 0.5) is 0 Å². The molecule has 3 nitrogen and oxygen atoms in total. The molecule has 0 aromatic rings. The van der Waals surface area contributed by atoms with Crippen LogP contribution >= 0.6 is 0 Å². The molecule has 16 heavy (non-hydrogen) atoms. The van der Waals surface area contributed by atoms with Gasteiger partial charge in [0.1, 0.15) is 0 Å². The van der Waals surface area contributed by atoms with Crippen molar-refractivity contribution >= 4 is 0 Å². The summed E-state index contributed by atoms with van der Waals surface area (Å²) in [5.41, 5.74) is 0.514. The second-order valence-corrected chi connectivity index (χ2v) is 6.01. The Morgan fingerprint density at radius 2 is 2.00 bits per heavy atom. The van der Waals surface area contributed by atoms with E-state index >= 15 is 0 Å². The molecule has 1 aliphatic carbocycles. The van der Waals surface area contributed by atoms with Crippen LogP contribution in [0.15, 0.2) is 0 Å². The lowest BCUT2D eigenvalue weighted by Crippen LogP contribution is -2.44. The quantitative estimate of drug-likeness (QED) is 0.729. The van der Waals surface area contributed by atoms with Crippen LogP contribution in [0.1, 0.15) is 32.1 Å². The molecule has 2 aliphatic heterocycles. The topological polar surface area (TPSA) is 35.5 Å². The van der Waals surface area contributed by atoms with Crippen LogP contribution in [-0.4, -0.2) is 48.8 Å². The molecule has 1 atom stereocenters. The Bertz CT molecular complexity index is 246. The van der Waals surface area contributed by atoms with Crippen LogP contribution in [0.25, 0.3) is 0 Å². The van der Waals surface area contributed by atoms with E-state index in [2.05, 4.69) is 10.2 Å². The number of rotatable bonds is 2. The summed E-state index contributed by atoms with van der Waals surface area (Å²) in [5, 5.41) is 13.0. The summed E-state index contributed by atoms with van der Waals surface area (Å²) in [6.07, 6.45) is 6.71. The van der Waals surface area contributed by atoms with Gasteiger partial charge in [-0.15, -0.1) is 0 Å². The van der Waals surface area contributed by atoms with E-state index in [4.69, 9.17) is 0 Å². The van der Waals surface area contributed by atoms with Crippen LogP contribution in [-0.2, 0) is 0 Å². The average molecular weight is 224 g/mol. The van der Waals surface area contributed by atoms with E-state index in [9.17, 15) is 5.11 Å². The number of hydrogen-bond donors (Lipinski definition) is 2. The molecule has 0 radical (unpaired) electrons. The number of likely N-dealkylation sites (tertiary alicyclic amines) is 1. The molecule has 0 bridgehead atoms. The van der Waals surface area contributed by atoms with Crippen LogP contribution in [0, 0.1) is 11.3 Å². The van der Waals surface area contributed by atoms with Gasteiger partial charge in [0, 0.05) is 31.7 Å². The summed E-state index contributed by atoms with van der Waals surface area (Å²) in [6.45, 7) is 5.18. The van der Waals surface area contributed by atoms with Gasteiger partial charge >= 0.3 is 0 Å². The molecule has 2 N–H and O–H groups in total. The molecule has 92 valence electrons. The molecule has 0 aromatic heterocycles. The van der Waals surface area contributed by atoms with Gasteiger partial charge in [-0.2, -0.15) is 0 Å². The molecule has 0 aromatic carbocycles. The molecule has 3 fully saturated rings. The van der Waals surface area contributed by atoms with Crippen LogP contribution < -0.4 is 5.32 Å². The molecular formula is C13H24N2O. The van der Waals surface area contributed by atoms with Crippen LogP contribution in [0.5, 0.6) is 0 Å². The number of piperidine rings is 1. The van der Waals surface area contributed by atoms with Gasteiger partial charge in [0.2, 0.25) is 0 Å². The van der Waals surface area contributed by atoms with Crippen molar-refractivity contribution in [2.45, 2.75) is 38.1 Å². The molecule has 1 spiro atoms. The van der Waals surface area contributed by atoms with Gasteiger partial charge in [0.25, 0.3) is 0 Å². The number of aliphatic hydroxyl groups excluding tert-OH is 1. The monoisotopic (exact) mass is 224 g/mol. The van der Waals surface area contributed by atoms with E-state index in [1.807, 2.05) is 0 Å². The lowest BCUT2D eigenvalue weighted by atomic mass is 9.63. The van der Waals surface area contributed by atoms with Crippen molar-refractivity contribution in [2.75, 3.05) is 32.8 Å². The number of aliphatic hydroxyl groups is 1. The lowest BCUT2D eigenvalue weighted by Gasteiger charge is -2.43. The first-order valence-corrected chi connectivity index (χ1v) is 6.90. The number of nitrogens with zero attached hydrogens (tertiary/aromatic N) is 1. The smallest absolute Gasteiger partial charge is 0.0477 e. The zero-order valence-electron chi connectivity index (χ0n) is 10.1. The highest BCUT2D eigenvalue weighted by molar-refractivity contribution is 5.03. The molecular weight excluding hydrogens is 200 g/mol. The molecule has 3 rings (SSSR count). The minimum Gasteiger partial charge on any atom is -0.396 e. The van der Waals surface area contributed by atoms with Crippen molar-refractivity contribution in [2.24, 2.45) is 11.3 Å². The standard InChI is InChI=1S/C13H24N2O/c16-9-11-8-15(10-13(11)4-1-5-13)12-2-6-14-7-3-12/h11-12,14,16H,1-10H2. The normalized spacial score (nSPS) is 35.4. The summed E-state index contributed by atoms with van der Waals surface area (Å²) >= 11 is 0. The van der Waals surface area contributed by atoms with Gasteiger partial charge < -0.3 is 10.4 Å². The third-order valence-corrected chi connectivity index (χ3v) is 5.23. The molecule has 0 amide bonds. The van der Waals surface area contributed by atoms with Crippen LogP contribution in [0.2, 0.25) is 0 Å². The molecule has 2 saturated heterocycles. The van der Waals surface area contributed by atoms with Crippen molar-refractivity contribution in [1.29, 1.82) is 0 Å². The third kappa shape index (κ3) is 1.69. The van der Waals surface area contributed by atoms with Crippen LogP contribution in [0.3, 0.4) is 0 Å². The zero-order valence-corrected chi connectivity index (χ0v) is 10.1. The van der Waals surface area contributed by atoms with E-state index in [0.29, 0.717) is 17.9 Å². The molecule has 2 heterocycles. The number of hydrogen-bond acceptors (Lipinski definition) is 3. The summed E-state index contributed by atoms with van der Waals surface area (Å²) in [5.74, 6) is 0.566. The third-order valence-electron chi connectivity index (χ3n) is 5.23. The van der Waals surface area contributed by atoms with Crippen molar-refractivity contribution in [1.82, 2.24) is 10.2 Å². The highest BCUT2D eigenvalue weighted by Crippen LogP contribution is 2.52. The van der Waals surface area contributed by atoms with E-state index in [0.717, 1.165) is 12.6 Å². The maximum Gasteiger partial charge on any atom is 0.0477 e. The van der Waals surface area contributed by atoms with Gasteiger partial charge in [-0.25, -0.2) is 0 Å². The maximum atomic E-state index is 9.54. The molecule has 1 saturated carbocycles. The van der Waals surface area contributed by atoms with Crippen molar-refractivity contribution in [3.05, 3.63) is 0 Å². The van der Waals surface area contributed by atoms with Gasteiger partial charge in [-0.05, 0) is 44.2 Å². The zero-order chi connectivity index (χ0) is 11.0. The van der Waals surface area contributed by atoms with Gasteiger partial charge in [0.15, 0.2) is 0 Å². The fourth-order valence-electron chi connectivity index (χ4n) is 3.97. The Balaban J connectivity index is 1.65. The van der Waals surface area contributed by atoms with Crippen molar-refractivity contribution < 1.29 is 5.11 Å². The lowest BCUT2D eigenvalue weighted by molar-refractivity contribution is 0.0520. The van der Waals surface area contributed by atoms with Gasteiger partial charge in [0.05, 0.1) is 0 Å². The highest BCUT2D eigenvalue weighted by Gasteiger charge is 2.50. The highest BCUT2D eigenvalue weighted by atomic mass is 16.3. The molecule has 1 unspecified atom stereocenters. The Kier molecular flexibility index (Phi) is 2.94. The second-order valence-electron chi connectivity index (χ2n) is 6.01. The molecule has 3 aliphatic rings. The fourth-order valence-corrected chi connectivity index (χ4v) is 3.97. The fraction of sp³-hybridized carbons (Fsp3) is 1.00. The minimum atomic E-state index is 0.404. The van der Waals surface area contributed by atoms with Gasteiger partial charge in [-0.3, -0.25) is 4.90 Å². The van der Waals surface area contributed by atoms with E-state index in [-0.39, 0.29) is 0 Å². The summed E-state index contributed by atoms with van der Waals surface area (Å²) in [6, 6.07) is 0.787. The predicted octanol–water partition coefficient (Wildman–Crippen LogP) is 0.833. The first-order chi connectivity index (χ1) is 7.84. The second kappa shape index (κ2) is 4.28. The minimum absolute atomic E-state index is 0.404. The first-order valence-electron chi connectivity index (χ1n) is 6.90. The predicted molar refractivity (Wildman–Crippen MR) is 64.3 cm³/mol. The Morgan fingerprint density at radius 3 is 2.50 bits per heavy atom. The van der Waals surface area contributed by atoms with E-state index in [1.54, 1.807) is 0 Å². The summed E-state index contributed by atoms with van der Waals surface area (Å²) < 4.78 is 0. The number of nitrogens with one attached hydrogen (secondary N) is 1. The largest absolute Gasteiger partial charge is 0.396 e.